The van der Waals surface area contributed by atoms with Gasteiger partial charge in [0.05, 0.1) is 12.1 Å². The van der Waals surface area contributed by atoms with Crippen LogP contribution < -0.4 is 15.4 Å². The summed E-state index contributed by atoms with van der Waals surface area (Å²) < 4.78 is 44.6. The van der Waals surface area contributed by atoms with E-state index in [-0.39, 0.29) is 24.1 Å². The Balaban J connectivity index is 0.897. The summed E-state index contributed by atoms with van der Waals surface area (Å²) in [7, 11) is 0. The summed E-state index contributed by atoms with van der Waals surface area (Å²) in [6.45, 7) is 2.10. The Hall–Kier alpha value is -3.85. The van der Waals surface area contributed by atoms with E-state index in [0.29, 0.717) is 30.4 Å². The number of nitrogens with zero attached hydrogens (tertiary/aromatic N) is 1. The van der Waals surface area contributed by atoms with Crippen LogP contribution in [-0.2, 0) is 22.4 Å². The minimum Gasteiger partial charge on any atom is -0.489 e. The molecule has 3 aliphatic rings. The number of ether oxygens (including phenoxy) is 1. The van der Waals surface area contributed by atoms with Crippen LogP contribution in [0.2, 0.25) is 0 Å². The number of amides is 2. The summed E-state index contributed by atoms with van der Waals surface area (Å²) in [5.74, 6) is 1.28. The van der Waals surface area contributed by atoms with E-state index in [0.717, 1.165) is 62.2 Å². The molecule has 1 saturated heterocycles. The largest absolute Gasteiger partial charge is 0.489 e. The quantitative estimate of drug-likeness (QED) is 0.309. The number of alkyl halides is 3. The van der Waals surface area contributed by atoms with E-state index in [9.17, 15) is 22.8 Å². The van der Waals surface area contributed by atoms with Crippen molar-refractivity contribution in [2.75, 3.05) is 25.0 Å². The average molecular weight is 592 g/mol. The molecule has 6 nitrogen and oxygen atoms in total. The topological polar surface area (TPSA) is 70.7 Å². The number of hydrogen-bond donors (Lipinski definition) is 2. The molecule has 0 bridgehead atoms. The summed E-state index contributed by atoms with van der Waals surface area (Å²) in [6, 6.07) is 23.7. The third-order valence-corrected chi connectivity index (χ3v) is 9.23. The number of carbonyl (C=O) groups excluding carboxylic acids is 2. The normalized spacial score (nSPS) is 25.0. The Bertz CT molecular complexity index is 1410. The molecule has 3 aromatic carbocycles. The van der Waals surface area contributed by atoms with Crippen LogP contribution in [0.5, 0.6) is 5.75 Å². The first-order chi connectivity index (χ1) is 20.7. The first-order valence-corrected chi connectivity index (χ1v) is 15.0. The monoisotopic (exact) mass is 591 g/mol. The maximum Gasteiger partial charge on any atom is 0.416 e. The van der Waals surface area contributed by atoms with Gasteiger partial charge in [0, 0.05) is 30.7 Å². The summed E-state index contributed by atoms with van der Waals surface area (Å²) in [5.41, 5.74) is 1.73. The summed E-state index contributed by atoms with van der Waals surface area (Å²) in [5, 5.41) is 5.11. The highest BCUT2D eigenvalue weighted by molar-refractivity contribution is 5.95. The van der Waals surface area contributed by atoms with Gasteiger partial charge in [-0.05, 0) is 84.9 Å². The average Bonchev–Trinajstić information content (AvgIpc) is 3.52. The second-order valence-electron chi connectivity index (χ2n) is 12.0. The molecule has 3 fully saturated rings. The number of rotatable bonds is 9. The standard InChI is InChI=1S/C34H36F3N3O3/c35-34(36,37)25-7-4-8-26(17-25)39-31(41)18-38-33(42)32-29-19-40(20-30(29)32)27-13-9-23(10-14-27)24-11-15-28(16-12-24)43-21-22-5-2-1-3-6-22/h1-8,11-12,15-17,23,27,29-30,32H,9-10,13-14,18-21H2,(H,38,42)(H,39,41)/t23?,27?,29-,30+,32?. The van der Waals surface area contributed by atoms with E-state index in [1.807, 2.05) is 18.2 Å². The zero-order valence-electron chi connectivity index (χ0n) is 23.9. The Kier molecular flexibility index (Phi) is 8.43. The third-order valence-electron chi connectivity index (χ3n) is 9.23. The summed E-state index contributed by atoms with van der Waals surface area (Å²) in [4.78, 5) is 27.5. The van der Waals surface area contributed by atoms with Crippen LogP contribution in [0.4, 0.5) is 18.9 Å². The van der Waals surface area contributed by atoms with Gasteiger partial charge in [-0.2, -0.15) is 13.2 Å². The van der Waals surface area contributed by atoms with Crippen molar-refractivity contribution in [1.29, 1.82) is 0 Å². The molecule has 9 heteroatoms. The molecule has 3 aromatic rings. The van der Waals surface area contributed by atoms with Crippen LogP contribution in [0.15, 0.2) is 78.9 Å². The lowest BCUT2D eigenvalue weighted by Crippen LogP contribution is -2.40. The number of fused-ring (bicyclic) bond motifs is 1. The molecular formula is C34H36F3N3O3. The van der Waals surface area contributed by atoms with Crippen LogP contribution >= 0.6 is 0 Å². The van der Waals surface area contributed by atoms with Gasteiger partial charge >= 0.3 is 6.18 Å². The maximum atomic E-state index is 12.9. The molecule has 1 aliphatic heterocycles. The SMILES string of the molecule is O=C(CNC(=O)C1[C@H]2CN(C3CCC(c4ccc(OCc5ccccc5)cc4)CC3)C[C@@H]12)Nc1cccc(C(F)(F)F)c1. The molecule has 3 atom stereocenters. The molecule has 2 aliphatic carbocycles. The van der Waals surface area contributed by atoms with Crippen LogP contribution in [0.3, 0.4) is 0 Å². The second-order valence-corrected chi connectivity index (χ2v) is 12.0. The third kappa shape index (κ3) is 7.04. The molecule has 1 unspecified atom stereocenters. The van der Waals surface area contributed by atoms with Gasteiger partial charge in [-0.15, -0.1) is 0 Å². The van der Waals surface area contributed by atoms with Gasteiger partial charge in [-0.3, -0.25) is 14.5 Å². The number of hydrogen-bond acceptors (Lipinski definition) is 4. The van der Waals surface area contributed by atoms with E-state index < -0.39 is 17.6 Å². The smallest absolute Gasteiger partial charge is 0.416 e. The number of benzene rings is 3. The maximum absolute atomic E-state index is 12.9. The van der Waals surface area contributed by atoms with Gasteiger partial charge in [-0.25, -0.2) is 0 Å². The number of nitrogens with one attached hydrogen (secondary N) is 2. The highest BCUT2D eigenvalue weighted by atomic mass is 19.4. The Morgan fingerprint density at radius 3 is 2.23 bits per heavy atom. The first-order valence-electron chi connectivity index (χ1n) is 15.0. The molecular weight excluding hydrogens is 555 g/mol. The molecule has 1 heterocycles. The fourth-order valence-corrected chi connectivity index (χ4v) is 6.86. The molecule has 43 heavy (non-hydrogen) atoms. The lowest BCUT2D eigenvalue weighted by atomic mass is 9.81. The van der Waals surface area contributed by atoms with E-state index in [2.05, 4.69) is 51.9 Å². The van der Waals surface area contributed by atoms with Gasteiger partial charge < -0.3 is 15.4 Å². The molecule has 226 valence electrons. The Morgan fingerprint density at radius 2 is 1.56 bits per heavy atom. The van der Waals surface area contributed by atoms with Gasteiger partial charge in [0.25, 0.3) is 0 Å². The van der Waals surface area contributed by atoms with Crippen molar-refractivity contribution < 1.29 is 27.5 Å². The zero-order chi connectivity index (χ0) is 30.0. The number of likely N-dealkylation sites (tertiary alicyclic amines) is 1. The molecule has 6 rings (SSSR count). The molecule has 0 radical (unpaired) electrons. The van der Waals surface area contributed by atoms with Crippen molar-refractivity contribution in [3.05, 3.63) is 95.6 Å². The fourth-order valence-electron chi connectivity index (χ4n) is 6.86. The summed E-state index contributed by atoms with van der Waals surface area (Å²) in [6.07, 6.45) is 0.0835. The molecule has 2 N–H and O–H groups in total. The van der Waals surface area contributed by atoms with Crippen molar-refractivity contribution in [3.63, 3.8) is 0 Å². The van der Waals surface area contributed by atoms with Crippen molar-refractivity contribution in [2.45, 2.75) is 50.4 Å². The van der Waals surface area contributed by atoms with E-state index >= 15 is 0 Å². The van der Waals surface area contributed by atoms with Crippen molar-refractivity contribution in [2.24, 2.45) is 17.8 Å². The van der Waals surface area contributed by atoms with Gasteiger partial charge in [0.1, 0.15) is 12.4 Å². The fraction of sp³-hybridized carbons (Fsp3) is 0.412. The highest BCUT2D eigenvalue weighted by Crippen LogP contribution is 2.53. The molecule has 2 saturated carbocycles. The van der Waals surface area contributed by atoms with Crippen molar-refractivity contribution in [1.82, 2.24) is 10.2 Å². The van der Waals surface area contributed by atoms with Crippen LogP contribution in [0.25, 0.3) is 0 Å². The lowest BCUT2D eigenvalue weighted by Gasteiger charge is -2.36. The number of piperidine rings is 1. The van der Waals surface area contributed by atoms with E-state index in [4.69, 9.17) is 4.74 Å². The minimum absolute atomic E-state index is 0.0487. The van der Waals surface area contributed by atoms with Gasteiger partial charge in [-0.1, -0.05) is 48.5 Å². The Labute approximate surface area is 249 Å². The first kappa shape index (κ1) is 29.2. The summed E-state index contributed by atoms with van der Waals surface area (Å²) >= 11 is 0. The predicted octanol–water partition coefficient (Wildman–Crippen LogP) is 6.24. The number of carbonyl (C=O) groups is 2. The zero-order valence-corrected chi connectivity index (χ0v) is 23.9. The van der Waals surface area contributed by atoms with Gasteiger partial charge in [0.2, 0.25) is 11.8 Å². The molecule has 0 spiro atoms. The van der Waals surface area contributed by atoms with Crippen molar-refractivity contribution >= 4 is 17.5 Å². The Morgan fingerprint density at radius 1 is 0.860 bits per heavy atom. The predicted molar refractivity (Wildman–Crippen MR) is 157 cm³/mol. The van der Waals surface area contributed by atoms with Crippen molar-refractivity contribution in [3.8, 4) is 5.75 Å². The van der Waals surface area contributed by atoms with E-state index in [1.54, 1.807) is 0 Å². The second kappa shape index (κ2) is 12.4. The highest BCUT2D eigenvalue weighted by Gasteiger charge is 2.60. The lowest BCUT2D eigenvalue weighted by molar-refractivity contribution is -0.137. The molecule has 0 aromatic heterocycles. The minimum atomic E-state index is -4.49. The van der Waals surface area contributed by atoms with Crippen LogP contribution in [-0.4, -0.2) is 42.4 Å². The number of anilines is 1. The van der Waals surface area contributed by atoms with Crippen LogP contribution in [0, 0.1) is 17.8 Å². The number of halogens is 3. The van der Waals surface area contributed by atoms with Gasteiger partial charge in [0.15, 0.2) is 0 Å². The van der Waals surface area contributed by atoms with Crippen LogP contribution in [0.1, 0.15) is 48.3 Å². The molecule has 2 amide bonds. The van der Waals surface area contributed by atoms with E-state index in [1.165, 1.54) is 17.7 Å².